The van der Waals surface area contributed by atoms with Gasteiger partial charge in [0.2, 0.25) is 0 Å². The summed E-state index contributed by atoms with van der Waals surface area (Å²) < 4.78 is 23.9. The standard InChI is InChI=1S/C16H32O3S/c1-13(2)20(18,19)11-10-16(12-17)8-6-14(7-9-16)15(3,4)5/h13-14,17H,6-12H2,1-5H3. The second kappa shape index (κ2) is 6.35. The van der Waals surface area contributed by atoms with Crippen LogP contribution in [0.3, 0.4) is 0 Å². The number of aliphatic hydroxyl groups is 1. The zero-order chi connectivity index (χ0) is 15.6. The molecule has 1 N–H and O–H groups in total. The normalized spacial score (nSPS) is 28.9. The molecule has 20 heavy (non-hydrogen) atoms. The fourth-order valence-corrected chi connectivity index (χ4v) is 4.37. The zero-order valence-electron chi connectivity index (χ0n) is 13.8. The van der Waals surface area contributed by atoms with Crippen LogP contribution in [-0.4, -0.2) is 31.1 Å². The van der Waals surface area contributed by atoms with Gasteiger partial charge in [0, 0.05) is 6.61 Å². The number of aliphatic hydroxyl groups excluding tert-OH is 1. The van der Waals surface area contributed by atoms with Crippen LogP contribution < -0.4 is 0 Å². The first-order valence-corrected chi connectivity index (χ1v) is 9.56. The molecule has 0 heterocycles. The van der Waals surface area contributed by atoms with Crippen molar-refractivity contribution in [3.63, 3.8) is 0 Å². The Hall–Kier alpha value is -0.0900. The Morgan fingerprint density at radius 3 is 2.05 bits per heavy atom. The van der Waals surface area contributed by atoms with Crippen molar-refractivity contribution < 1.29 is 13.5 Å². The summed E-state index contributed by atoms with van der Waals surface area (Å²) in [5, 5.41) is 9.46. The SMILES string of the molecule is CC(C)S(=O)(=O)CCC1(CO)CCC(C(C)(C)C)CC1. The molecule has 0 saturated heterocycles. The van der Waals surface area contributed by atoms with E-state index in [-0.39, 0.29) is 23.0 Å². The van der Waals surface area contributed by atoms with E-state index < -0.39 is 9.84 Å². The average molecular weight is 304 g/mol. The van der Waals surface area contributed by atoms with E-state index in [2.05, 4.69) is 20.8 Å². The highest BCUT2D eigenvalue weighted by Gasteiger charge is 2.39. The highest BCUT2D eigenvalue weighted by atomic mass is 32.2. The second-order valence-corrected chi connectivity index (χ2v) is 10.6. The molecule has 0 atom stereocenters. The van der Waals surface area contributed by atoms with Crippen LogP contribution in [0.25, 0.3) is 0 Å². The molecule has 1 aliphatic carbocycles. The predicted molar refractivity (Wildman–Crippen MR) is 84.5 cm³/mol. The number of hydrogen-bond donors (Lipinski definition) is 1. The van der Waals surface area contributed by atoms with Gasteiger partial charge in [-0.15, -0.1) is 0 Å². The van der Waals surface area contributed by atoms with Gasteiger partial charge in [-0.05, 0) is 62.7 Å². The van der Waals surface area contributed by atoms with Gasteiger partial charge in [0.25, 0.3) is 0 Å². The van der Waals surface area contributed by atoms with Gasteiger partial charge in [-0.25, -0.2) is 8.42 Å². The van der Waals surface area contributed by atoms with E-state index in [1.807, 2.05) is 0 Å². The first kappa shape index (κ1) is 18.0. The summed E-state index contributed by atoms with van der Waals surface area (Å²) in [5.41, 5.74) is 0.148. The van der Waals surface area contributed by atoms with Gasteiger partial charge < -0.3 is 5.11 Å². The van der Waals surface area contributed by atoms with E-state index in [0.29, 0.717) is 17.8 Å². The van der Waals surface area contributed by atoms with Gasteiger partial charge in [-0.3, -0.25) is 0 Å². The minimum Gasteiger partial charge on any atom is -0.396 e. The molecule has 0 aromatic heterocycles. The summed E-state index contributed by atoms with van der Waals surface area (Å²) in [4.78, 5) is 0. The summed E-state index contributed by atoms with van der Waals surface area (Å²) in [6.07, 6.45) is 4.73. The highest BCUT2D eigenvalue weighted by molar-refractivity contribution is 7.91. The monoisotopic (exact) mass is 304 g/mol. The van der Waals surface area contributed by atoms with E-state index in [0.717, 1.165) is 25.7 Å². The van der Waals surface area contributed by atoms with Crippen LogP contribution >= 0.6 is 0 Å². The molecule has 0 amide bonds. The van der Waals surface area contributed by atoms with Crippen molar-refractivity contribution >= 4 is 9.84 Å². The lowest BCUT2D eigenvalue weighted by atomic mass is 9.63. The second-order valence-electron chi connectivity index (χ2n) is 7.96. The average Bonchev–Trinajstić information content (AvgIpc) is 2.36. The van der Waals surface area contributed by atoms with Crippen molar-refractivity contribution in [2.24, 2.45) is 16.7 Å². The minimum absolute atomic E-state index is 0.122. The summed E-state index contributed by atoms with van der Waals surface area (Å²) in [5.74, 6) is 0.898. The largest absolute Gasteiger partial charge is 0.396 e. The van der Waals surface area contributed by atoms with Crippen LogP contribution in [0.4, 0.5) is 0 Å². The van der Waals surface area contributed by atoms with Crippen molar-refractivity contribution in [3.05, 3.63) is 0 Å². The minimum atomic E-state index is -3.00. The van der Waals surface area contributed by atoms with Gasteiger partial charge in [-0.1, -0.05) is 20.8 Å². The number of rotatable bonds is 5. The third-order valence-electron chi connectivity index (χ3n) is 5.24. The lowest BCUT2D eigenvalue weighted by Gasteiger charge is -2.43. The maximum absolute atomic E-state index is 12.0. The lowest BCUT2D eigenvalue weighted by Crippen LogP contribution is -2.37. The molecule has 0 bridgehead atoms. The molecule has 0 radical (unpaired) electrons. The van der Waals surface area contributed by atoms with Crippen LogP contribution in [0.5, 0.6) is 0 Å². The fourth-order valence-electron chi connectivity index (χ4n) is 3.18. The van der Waals surface area contributed by atoms with Crippen molar-refractivity contribution in [2.75, 3.05) is 12.4 Å². The molecular formula is C16H32O3S. The Labute approximate surface area is 125 Å². The van der Waals surface area contributed by atoms with E-state index >= 15 is 0 Å². The third-order valence-corrected chi connectivity index (χ3v) is 7.45. The third kappa shape index (κ3) is 4.45. The molecule has 3 nitrogen and oxygen atoms in total. The lowest BCUT2D eigenvalue weighted by molar-refractivity contribution is 0.0345. The summed E-state index contributed by atoms with van der Waals surface area (Å²) in [7, 11) is -3.00. The molecular weight excluding hydrogens is 272 g/mol. The van der Waals surface area contributed by atoms with E-state index in [4.69, 9.17) is 0 Å². The van der Waals surface area contributed by atoms with E-state index in [1.165, 1.54) is 0 Å². The molecule has 0 aliphatic heterocycles. The summed E-state index contributed by atoms with van der Waals surface area (Å²) >= 11 is 0. The molecule has 0 aromatic rings. The Bertz CT molecular complexity index is 396. The molecule has 120 valence electrons. The van der Waals surface area contributed by atoms with Crippen molar-refractivity contribution in [1.29, 1.82) is 0 Å². The Morgan fingerprint density at radius 1 is 1.20 bits per heavy atom. The molecule has 1 rings (SSSR count). The summed E-state index contributed by atoms with van der Waals surface area (Å²) in [6.45, 7) is 10.4. The Balaban J connectivity index is 2.64. The first-order valence-electron chi connectivity index (χ1n) is 7.85. The molecule has 1 fully saturated rings. The van der Waals surface area contributed by atoms with Gasteiger partial charge in [-0.2, -0.15) is 0 Å². The van der Waals surface area contributed by atoms with E-state index in [1.54, 1.807) is 13.8 Å². The molecule has 0 spiro atoms. The van der Waals surface area contributed by atoms with Crippen LogP contribution in [0.15, 0.2) is 0 Å². The van der Waals surface area contributed by atoms with Crippen LogP contribution in [0.1, 0.15) is 66.7 Å². The maximum atomic E-state index is 12.0. The fraction of sp³-hybridized carbons (Fsp3) is 1.00. The first-order chi connectivity index (χ1) is 9.02. The Kier molecular flexibility index (Phi) is 5.70. The summed E-state index contributed by atoms with van der Waals surface area (Å²) in [6, 6.07) is 0. The van der Waals surface area contributed by atoms with Gasteiger partial charge in [0.1, 0.15) is 0 Å². The van der Waals surface area contributed by atoms with Gasteiger partial charge >= 0.3 is 0 Å². The number of sulfone groups is 1. The van der Waals surface area contributed by atoms with Gasteiger partial charge in [0.05, 0.1) is 11.0 Å². The van der Waals surface area contributed by atoms with Gasteiger partial charge in [0.15, 0.2) is 9.84 Å². The molecule has 4 heteroatoms. The molecule has 1 saturated carbocycles. The predicted octanol–water partition coefficient (Wildman–Crippen LogP) is 3.41. The van der Waals surface area contributed by atoms with Crippen LogP contribution in [0.2, 0.25) is 0 Å². The maximum Gasteiger partial charge on any atom is 0.152 e. The molecule has 1 aliphatic rings. The Morgan fingerprint density at radius 2 is 1.70 bits per heavy atom. The number of hydrogen-bond acceptors (Lipinski definition) is 3. The van der Waals surface area contributed by atoms with Crippen molar-refractivity contribution in [3.8, 4) is 0 Å². The van der Waals surface area contributed by atoms with Crippen molar-refractivity contribution in [2.45, 2.75) is 72.0 Å². The van der Waals surface area contributed by atoms with Crippen LogP contribution in [-0.2, 0) is 9.84 Å². The van der Waals surface area contributed by atoms with Crippen molar-refractivity contribution in [1.82, 2.24) is 0 Å². The quantitative estimate of drug-likeness (QED) is 0.847. The highest BCUT2D eigenvalue weighted by Crippen LogP contribution is 2.46. The molecule has 0 aromatic carbocycles. The smallest absolute Gasteiger partial charge is 0.152 e. The molecule has 0 unspecified atom stereocenters. The zero-order valence-corrected chi connectivity index (χ0v) is 14.6. The topological polar surface area (TPSA) is 54.4 Å². The van der Waals surface area contributed by atoms with Crippen LogP contribution in [0, 0.1) is 16.7 Å². The van der Waals surface area contributed by atoms with E-state index in [9.17, 15) is 13.5 Å².